The van der Waals surface area contributed by atoms with E-state index in [4.69, 9.17) is 0 Å². The molecular formula is C68H72N8O12. The zero-order valence-electron chi connectivity index (χ0n) is 48.2. The van der Waals surface area contributed by atoms with Crippen molar-refractivity contribution in [1.82, 2.24) is 21.3 Å². The van der Waals surface area contributed by atoms with Gasteiger partial charge in [-0.15, -0.1) is 0 Å². The highest BCUT2D eigenvalue weighted by atomic mass is 16.3. The normalized spacial score (nSPS) is 15.0. The van der Waals surface area contributed by atoms with E-state index in [-0.39, 0.29) is 168 Å². The van der Waals surface area contributed by atoms with E-state index >= 15 is 0 Å². The number of amides is 8. The average Bonchev–Trinajstić information content (AvgIpc) is 0.949. The summed E-state index contributed by atoms with van der Waals surface area (Å²) in [6.07, 6.45) is 1.51. The Kier molecular flexibility index (Phi) is 20.6. The molecule has 0 fully saturated rings. The summed E-state index contributed by atoms with van der Waals surface area (Å²) < 4.78 is 0. The summed E-state index contributed by atoms with van der Waals surface area (Å²) in [7, 11) is 0. The van der Waals surface area contributed by atoms with Gasteiger partial charge in [0.1, 0.15) is 46.0 Å². The van der Waals surface area contributed by atoms with Gasteiger partial charge in [0.05, 0.1) is 0 Å². The molecule has 1 aliphatic rings. The lowest BCUT2D eigenvalue weighted by molar-refractivity contribution is 0.251. The minimum Gasteiger partial charge on any atom is -0.508 e. The Morgan fingerprint density at radius 3 is 0.602 bits per heavy atom. The number of fused-ring (bicyclic) bond motifs is 8. The lowest BCUT2D eigenvalue weighted by Crippen LogP contribution is -2.29. The van der Waals surface area contributed by atoms with Crippen molar-refractivity contribution >= 4 is 46.9 Å². The Labute approximate surface area is 509 Å². The molecule has 0 aromatic heterocycles. The summed E-state index contributed by atoms with van der Waals surface area (Å²) >= 11 is 0. The Hall–Kier alpha value is -10.8. The molecule has 456 valence electrons. The van der Waals surface area contributed by atoms with Crippen LogP contribution in [0.2, 0.25) is 0 Å². The van der Waals surface area contributed by atoms with Crippen LogP contribution in [0.5, 0.6) is 46.0 Å². The first-order valence-corrected chi connectivity index (χ1v) is 29.2. The van der Waals surface area contributed by atoms with Crippen molar-refractivity contribution < 1.29 is 60.0 Å². The molecule has 0 saturated heterocycles. The molecule has 0 spiro atoms. The third-order valence-electron chi connectivity index (χ3n) is 15.7. The van der Waals surface area contributed by atoms with E-state index in [1.807, 2.05) is 24.3 Å². The summed E-state index contributed by atoms with van der Waals surface area (Å²) in [5, 5.41) is 119. The van der Waals surface area contributed by atoms with E-state index in [1.54, 1.807) is 121 Å². The molecule has 1 aliphatic carbocycles. The van der Waals surface area contributed by atoms with Gasteiger partial charge in [-0.3, -0.25) is 0 Å². The molecule has 0 saturated carbocycles. The number of phenolic OH excluding ortho intramolecular Hbond substituents is 8. The zero-order chi connectivity index (χ0) is 62.1. The van der Waals surface area contributed by atoms with Crippen LogP contribution in [0.4, 0.5) is 41.9 Å². The number of rotatable bonds is 20. The predicted octanol–water partition coefficient (Wildman–Crippen LogP) is 12.6. The number of carbonyl (C=O) groups is 4. The first kappa shape index (κ1) is 61.8. The Balaban J connectivity index is 1.16. The number of hydrogen-bond acceptors (Lipinski definition) is 12. The van der Waals surface area contributed by atoms with Gasteiger partial charge in [-0.2, -0.15) is 0 Å². The molecule has 88 heavy (non-hydrogen) atoms. The molecule has 0 unspecified atom stereocenters. The summed E-state index contributed by atoms with van der Waals surface area (Å²) in [6, 6.07) is 44.4. The van der Waals surface area contributed by atoms with Crippen LogP contribution < -0.4 is 42.5 Å². The van der Waals surface area contributed by atoms with Gasteiger partial charge in [-0.05, 0) is 124 Å². The minimum absolute atomic E-state index is 0.111. The van der Waals surface area contributed by atoms with Crippen molar-refractivity contribution in [3.63, 3.8) is 0 Å². The molecule has 0 atom stereocenters. The molecule has 8 bridgehead atoms. The third kappa shape index (κ3) is 16.0. The number of benzene rings is 8. The zero-order valence-corrected chi connectivity index (χ0v) is 48.2. The van der Waals surface area contributed by atoms with E-state index in [1.165, 1.54) is 0 Å². The molecular weight excluding hydrogens is 1120 g/mol. The quantitative estimate of drug-likeness (QED) is 0.0317. The maximum absolute atomic E-state index is 13.1. The SMILES string of the molecule is O=C(NCCCC1c2cc(c(O)cc2O)C(CCCNC(=O)Nc2ccccc2)c2cc(c(O)cc2O)C(CCCNC(=O)Nc2ccccc2)c2cc(c(O)cc2O)C(CCCNC(=O)Nc2ccccc2)c2cc1c(O)cc2O)Nc1ccccc1. The third-order valence-corrected chi connectivity index (χ3v) is 15.7. The number of aromatic hydroxyl groups is 8. The van der Waals surface area contributed by atoms with Crippen LogP contribution in [0.25, 0.3) is 0 Å². The van der Waals surface area contributed by atoms with Crippen LogP contribution in [0, 0.1) is 0 Å². The number of para-hydroxylation sites is 4. The molecule has 0 aliphatic heterocycles. The van der Waals surface area contributed by atoms with Crippen LogP contribution in [0.15, 0.2) is 170 Å². The molecule has 0 heterocycles. The fourth-order valence-corrected chi connectivity index (χ4v) is 11.4. The van der Waals surface area contributed by atoms with Gasteiger partial charge in [0, 0.05) is 141 Å². The maximum atomic E-state index is 13.1. The number of nitrogens with one attached hydrogen (secondary N) is 8. The van der Waals surface area contributed by atoms with Crippen LogP contribution in [0.3, 0.4) is 0 Å². The topological polar surface area (TPSA) is 326 Å². The monoisotopic (exact) mass is 1190 g/mol. The van der Waals surface area contributed by atoms with Crippen molar-refractivity contribution in [1.29, 1.82) is 0 Å². The van der Waals surface area contributed by atoms with Gasteiger partial charge < -0.3 is 83.4 Å². The lowest BCUT2D eigenvalue weighted by atomic mass is 9.76. The Bertz CT molecular complexity index is 3130. The van der Waals surface area contributed by atoms with E-state index in [0.717, 1.165) is 24.3 Å². The summed E-state index contributed by atoms with van der Waals surface area (Å²) in [5.74, 6) is -6.89. The van der Waals surface area contributed by atoms with Crippen molar-refractivity contribution in [2.45, 2.75) is 75.0 Å². The molecule has 0 radical (unpaired) electrons. The Morgan fingerprint density at radius 2 is 0.432 bits per heavy atom. The van der Waals surface area contributed by atoms with E-state index in [9.17, 15) is 60.0 Å². The minimum atomic E-state index is -0.959. The second-order valence-corrected chi connectivity index (χ2v) is 21.6. The van der Waals surface area contributed by atoms with Crippen LogP contribution in [-0.4, -0.2) is 91.2 Å². The number of hydrogen-bond donors (Lipinski definition) is 16. The number of anilines is 4. The van der Waals surface area contributed by atoms with Gasteiger partial charge in [0.25, 0.3) is 0 Å². The van der Waals surface area contributed by atoms with E-state index in [2.05, 4.69) is 42.5 Å². The summed E-state index contributed by atoms with van der Waals surface area (Å²) in [6.45, 7) is 0.444. The highest BCUT2D eigenvalue weighted by Gasteiger charge is 2.33. The molecule has 8 amide bonds. The largest absolute Gasteiger partial charge is 0.508 e. The van der Waals surface area contributed by atoms with E-state index in [0.29, 0.717) is 22.7 Å². The number of phenols is 8. The van der Waals surface area contributed by atoms with Gasteiger partial charge >= 0.3 is 24.1 Å². The predicted molar refractivity (Wildman–Crippen MR) is 337 cm³/mol. The molecule has 9 rings (SSSR count). The smallest absolute Gasteiger partial charge is 0.319 e. The molecule has 20 heteroatoms. The molecule has 20 nitrogen and oxygen atoms in total. The molecule has 16 N–H and O–H groups in total. The maximum Gasteiger partial charge on any atom is 0.319 e. The second kappa shape index (κ2) is 29.4. The van der Waals surface area contributed by atoms with Crippen molar-refractivity contribution in [3.8, 4) is 46.0 Å². The Morgan fingerprint density at radius 1 is 0.261 bits per heavy atom. The number of urea groups is 4. The fourth-order valence-electron chi connectivity index (χ4n) is 11.4. The lowest BCUT2D eigenvalue weighted by Gasteiger charge is -2.29. The number of carbonyl (C=O) groups excluding carboxylic acids is 4. The van der Waals surface area contributed by atoms with Crippen molar-refractivity contribution in [3.05, 3.63) is 214 Å². The van der Waals surface area contributed by atoms with Crippen LogP contribution in [-0.2, 0) is 0 Å². The van der Waals surface area contributed by atoms with Gasteiger partial charge in [0.15, 0.2) is 0 Å². The highest BCUT2D eigenvalue weighted by Crippen LogP contribution is 2.52. The average molecular weight is 1190 g/mol. The summed E-state index contributed by atoms with van der Waals surface area (Å²) in [5.41, 5.74) is 3.86. The first-order valence-electron chi connectivity index (χ1n) is 29.2. The van der Waals surface area contributed by atoms with Gasteiger partial charge in [0.2, 0.25) is 0 Å². The van der Waals surface area contributed by atoms with Gasteiger partial charge in [-0.1, -0.05) is 72.8 Å². The molecule has 8 aromatic carbocycles. The van der Waals surface area contributed by atoms with Crippen LogP contribution >= 0.6 is 0 Å². The van der Waals surface area contributed by atoms with Crippen molar-refractivity contribution in [2.24, 2.45) is 0 Å². The van der Waals surface area contributed by atoms with Crippen molar-refractivity contribution in [2.75, 3.05) is 47.4 Å². The summed E-state index contributed by atoms with van der Waals surface area (Å²) in [4.78, 5) is 52.5. The first-order chi connectivity index (χ1) is 42.6. The van der Waals surface area contributed by atoms with Crippen LogP contribution in [0.1, 0.15) is 120 Å². The highest BCUT2D eigenvalue weighted by molar-refractivity contribution is 5.91. The van der Waals surface area contributed by atoms with Gasteiger partial charge in [-0.25, -0.2) is 19.2 Å². The molecule has 8 aromatic rings. The van der Waals surface area contributed by atoms with E-state index < -0.39 is 47.8 Å². The second-order valence-electron chi connectivity index (χ2n) is 21.6. The fraction of sp³-hybridized carbons (Fsp3) is 0.235. The standard InChI is InChI=1S/C68H72N8O12/c77-57-37-59(79)51-33-49(57)45(25-13-29-69-65(85)73-41-17-5-1-6-18-41)50-34-52(60(80)38-58(50)78)47(27-15-31-71-67(87)75-43-21-9-3-10-22-43)54-36-56(64(84)40-62(54)82)48(28-16-32-72-68(88)76-44-23-11-4-12-24-44)55-35-53(61(81)39-63(55)83)46(51)26-14-30-70-66(86)74-42-19-7-2-8-20-42/h1-12,17-24,33-40,45-48,77-84H,13-16,25-32H2,(H2,69,73,85)(H2,70,74,86)(H2,71,75,87)(H2,72,76,88).